The van der Waals surface area contributed by atoms with Crippen LogP contribution in [-0.4, -0.2) is 24.1 Å². The topological polar surface area (TPSA) is 63.3 Å². The molecule has 1 aliphatic rings. The first-order valence-corrected chi connectivity index (χ1v) is 7.80. The molecular weight excluding hydrogens is 337 g/mol. The zero-order chi connectivity index (χ0) is 17.9. The van der Waals surface area contributed by atoms with E-state index in [2.05, 4.69) is 15.0 Å². The van der Waals surface area contributed by atoms with Crippen molar-refractivity contribution in [3.8, 4) is 17.4 Å². The molecule has 2 heterocycles. The second-order valence-corrected chi connectivity index (χ2v) is 5.67. The molecule has 0 saturated carbocycles. The summed E-state index contributed by atoms with van der Waals surface area (Å²) in [4.78, 5) is 3.75. The number of halogens is 3. The average Bonchev–Trinajstić information content (AvgIpc) is 2.57. The fourth-order valence-electron chi connectivity index (χ4n) is 2.83. The lowest BCUT2D eigenvalue weighted by molar-refractivity contribution is -0.275. The van der Waals surface area contributed by atoms with Gasteiger partial charge in [0.05, 0.1) is 0 Å². The first-order valence-electron chi connectivity index (χ1n) is 7.80. The SMILES string of the molecule is [O]c1ccc(C2CCCNC2Oc2ccccc2OC(F)(F)F)cn1. The number of hydrogen-bond donors (Lipinski definition) is 1. The molecule has 1 fully saturated rings. The van der Waals surface area contributed by atoms with E-state index >= 15 is 0 Å². The van der Waals surface area contributed by atoms with Gasteiger partial charge in [0, 0.05) is 18.2 Å². The second-order valence-electron chi connectivity index (χ2n) is 5.67. The molecule has 5 nitrogen and oxygen atoms in total. The lowest BCUT2D eigenvalue weighted by Gasteiger charge is -2.33. The van der Waals surface area contributed by atoms with Gasteiger partial charge in [-0.05, 0) is 37.1 Å². The third kappa shape index (κ3) is 4.54. The van der Waals surface area contributed by atoms with Gasteiger partial charge in [0.1, 0.15) is 0 Å². The van der Waals surface area contributed by atoms with Gasteiger partial charge in [-0.3, -0.25) is 10.4 Å². The highest BCUT2D eigenvalue weighted by Crippen LogP contribution is 2.36. The van der Waals surface area contributed by atoms with E-state index in [-0.39, 0.29) is 17.5 Å². The molecule has 0 amide bonds. The number of rotatable bonds is 4. The van der Waals surface area contributed by atoms with Crippen LogP contribution in [0.1, 0.15) is 24.3 Å². The van der Waals surface area contributed by atoms with Crippen LogP contribution in [0.5, 0.6) is 17.4 Å². The van der Waals surface area contributed by atoms with Gasteiger partial charge >= 0.3 is 6.36 Å². The van der Waals surface area contributed by atoms with E-state index in [0.717, 1.165) is 18.4 Å². The van der Waals surface area contributed by atoms with Crippen molar-refractivity contribution in [3.05, 3.63) is 48.2 Å². The Bertz CT molecular complexity index is 707. The number of nitrogens with one attached hydrogen (secondary N) is 1. The van der Waals surface area contributed by atoms with Crippen LogP contribution in [0.3, 0.4) is 0 Å². The van der Waals surface area contributed by atoms with E-state index in [1.165, 1.54) is 30.5 Å². The second kappa shape index (κ2) is 7.18. The standard InChI is InChI=1S/C17H16F3N2O3/c18-17(19,20)25-14-6-2-1-5-13(14)24-16-12(4-3-9-21-16)11-7-8-15(23)22-10-11/h1-2,5-8,10,12,16,21H,3-4,9H2. The third-order valence-corrected chi connectivity index (χ3v) is 3.92. The van der Waals surface area contributed by atoms with Crippen LogP contribution in [0.4, 0.5) is 13.2 Å². The van der Waals surface area contributed by atoms with Gasteiger partial charge in [-0.15, -0.1) is 13.2 Å². The summed E-state index contributed by atoms with van der Waals surface area (Å²) in [5.41, 5.74) is 0.797. The normalized spacial score (nSPS) is 20.9. The highest BCUT2D eigenvalue weighted by molar-refractivity contribution is 5.40. The fraction of sp³-hybridized carbons (Fsp3) is 0.353. The molecule has 3 rings (SSSR count). The maximum absolute atomic E-state index is 12.5. The lowest BCUT2D eigenvalue weighted by atomic mass is 9.91. The Hall–Kier alpha value is -2.48. The van der Waals surface area contributed by atoms with E-state index in [1.54, 1.807) is 12.1 Å². The number of ether oxygens (including phenoxy) is 2. The van der Waals surface area contributed by atoms with Crippen molar-refractivity contribution in [2.24, 2.45) is 0 Å². The average molecular weight is 353 g/mol. The molecule has 1 aliphatic heterocycles. The molecule has 133 valence electrons. The number of piperidine rings is 1. The molecule has 0 aliphatic carbocycles. The summed E-state index contributed by atoms with van der Waals surface area (Å²) in [6.07, 6.45) is -2.23. The fourth-order valence-corrected chi connectivity index (χ4v) is 2.83. The van der Waals surface area contributed by atoms with Crippen molar-refractivity contribution in [1.82, 2.24) is 10.3 Å². The summed E-state index contributed by atoms with van der Waals surface area (Å²) in [6, 6.07) is 8.67. The molecule has 25 heavy (non-hydrogen) atoms. The first-order chi connectivity index (χ1) is 11.9. The number of alkyl halides is 3. The van der Waals surface area contributed by atoms with Crippen molar-refractivity contribution >= 4 is 0 Å². The monoisotopic (exact) mass is 353 g/mol. The summed E-state index contributed by atoms with van der Waals surface area (Å²) in [5.74, 6) is -0.874. The predicted octanol–water partition coefficient (Wildman–Crippen LogP) is 4.00. The van der Waals surface area contributed by atoms with Gasteiger partial charge in [0.15, 0.2) is 17.7 Å². The van der Waals surface area contributed by atoms with Crippen LogP contribution in [0.25, 0.3) is 0 Å². The number of pyridine rings is 1. The Morgan fingerprint density at radius 2 is 1.88 bits per heavy atom. The zero-order valence-corrected chi connectivity index (χ0v) is 13.1. The van der Waals surface area contributed by atoms with Gasteiger partial charge in [-0.2, -0.15) is 0 Å². The van der Waals surface area contributed by atoms with Gasteiger partial charge in [0.25, 0.3) is 5.88 Å². The summed E-state index contributed by atoms with van der Waals surface area (Å²) < 4.78 is 47.5. The zero-order valence-electron chi connectivity index (χ0n) is 13.1. The number of nitrogens with zero attached hydrogens (tertiary/aromatic N) is 1. The van der Waals surface area contributed by atoms with Crippen LogP contribution in [0, 0.1) is 0 Å². The minimum atomic E-state index is -4.80. The van der Waals surface area contributed by atoms with Crippen molar-refractivity contribution in [1.29, 1.82) is 0 Å². The first kappa shape index (κ1) is 17.3. The minimum Gasteiger partial charge on any atom is -0.471 e. The van der Waals surface area contributed by atoms with E-state index in [9.17, 15) is 18.3 Å². The number of aromatic nitrogens is 1. The van der Waals surface area contributed by atoms with E-state index in [4.69, 9.17) is 4.74 Å². The lowest BCUT2D eigenvalue weighted by Crippen LogP contribution is -2.44. The van der Waals surface area contributed by atoms with E-state index in [0.29, 0.717) is 6.54 Å². The summed E-state index contributed by atoms with van der Waals surface area (Å²) in [7, 11) is 0. The molecule has 0 bridgehead atoms. The Morgan fingerprint density at radius 3 is 2.56 bits per heavy atom. The molecule has 2 unspecified atom stereocenters. The van der Waals surface area contributed by atoms with Crippen LogP contribution < -0.4 is 14.8 Å². The van der Waals surface area contributed by atoms with Gasteiger partial charge in [0.2, 0.25) is 0 Å². The third-order valence-electron chi connectivity index (χ3n) is 3.92. The van der Waals surface area contributed by atoms with Gasteiger partial charge in [-0.25, -0.2) is 4.98 Å². The molecule has 1 saturated heterocycles. The quantitative estimate of drug-likeness (QED) is 0.903. The number of para-hydroxylation sites is 2. The summed E-state index contributed by atoms with van der Waals surface area (Å²) in [6.45, 7) is 0.677. The smallest absolute Gasteiger partial charge is 0.471 e. The molecule has 0 spiro atoms. The van der Waals surface area contributed by atoms with Crippen LogP contribution in [-0.2, 0) is 5.11 Å². The number of benzene rings is 1. The highest BCUT2D eigenvalue weighted by Gasteiger charge is 2.34. The molecule has 1 aromatic carbocycles. The highest BCUT2D eigenvalue weighted by atomic mass is 19.4. The molecule has 2 aromatic rings. The predicted molar refractivity (Wildman–Crippen MR) is 81.9 cm³/mol. The van der Waals surface area contributed by atoms with E-state index in [1.807, 2.05) is 0 Å². The molecule has 1 aromatic heterocycles. The Balaban J connectivity index is 1.81. The molecule has 1 N–H and O–H groups in total. The van der Waals surface area contributed by atoms with E-state index < -0.39 is 18.3 Å². The minimum absolute atomic E-state index is 0.00220. The van der Waals surface area contributed by atoms with Crippen LogP contribution >= 0.6 is 0 Å². The maximum atomic E-state index is 12.5. The summed E-state index contributed by atoms with van der Waals surface area (Å²) >= 11 is 0. The molecular formula is C17H16F3N2O3. The Labute approximate surface area is 142 Å². The molecule has 2 atom stereocenters. The van der Waals surface area contributed by atoms with Crippen molar-refractivity contribution in [2.45, 2.75) is 31.3 Å². The van der Waals surface area contributed by atoms with Crippen LogP contribution in [0.2, 0.25) is 0 Å². The number of hydrogen-bond acceptors (Lipinski definition) is 4. The maximum Gasteiger partial charge on any atom is 0.573 e. The van der Waals surface area contributed by atoms with Crippen molar-refractivity contribution < 1.29 is 27.8 Å². The van der Waals surface area contributed by atoms with Gasteiger partial charge in [-0.1, -0.05) is 18.2 Å². The van der Waals surface area contributed by atoms with Crippen molar-refractivity contribution in [3.63, 3.8) is 0 Å². The Kier molecular flexibility index (Phi) is 4.98. The molecule has 1 radical (unpaired) electrons. The summed E-state index contributed by atoms with van der Waals surface area (Å²) in [5, 5.41) is 14.3. The van der Waals surface area contributed by atoms with Crippen LogP contribution in [0.15, 0.2) is 42.6 Å². The van der Waals surface area contributed by atoms with Gasteiger partial charge < -0.3 is 9.47 Å². The van der Waals surface area contributed by atoms with Crippen molar-refractivity contribution in [2.75, 3.05) is 6.54 Å². The Morgan fingerprint density at radius 1 is 1.12 bits per heavy atom. The molecule has 8 heteroatoms. The largest absolute Gasteiger partial charge is 0.573 e.